The molecular weight excluding hydrogens is 180 g/mol. The van der Waals surface area contributed by atoms with E-state index in [4.69, 9.17) is 0 Å². The zero-order chi connectivity index (χ0) is 10.6. The second-order valence-electron chi connectivity index (χ2n) is 3.61. The Morgan fingerprint density at radius 2 is 2.21 bits per heavy atom. The van der Waals surface area contributed by atoms with Crippen molar-refractivity contribution < 1.29 is 10.2 Å². The molecule has 0 aromatic heterocycles. The lowest BCUT2D eigenvalue weighted by Crippen LogP contribution is -2.86. The Hall–Kier alpha value is -1.42. The van der Waals surface area contributed by atoms with Crippen LogP contribution in [0.5, 0.6) is 0 Å². The maximum atomic E-state index is 10.5. The Balaban J connectivity index is 2.69. The molecule has 1 aromatic rings. The van der Waals surface area contributed by atoms with Crippen LogP contribution in [0.3, 0.4) is 0 Å². The van der Waals surface area contributed by atoms with Gasteiger partial charge in [0.2, 0.25) is 0 Å². The number of nitro groups is 1. The molecule has 76 valence electrons. The molecule has 0 amide bonds. The Kier molecular flexibility index (Phi) is 3.59. The Morgan fingerprint density at radius 1 is 1.50 bits per heavy atom. The van der Waals surface area contributed by atoms with Gasteiger partial charge in [0.1, 0.15) is 6.54 Å². The van der Waals surface area contributed by atoms with Crippen molar-refractivity contribution in [2.24, 2.45) is 0 Å². The number of nitrogens with zero attached hydrogens (tertiary/aromatic N) is 1. The minimum absolute atomic E-state index is 0.166. The van der Waals surface area contributed by atoms with Gasteiger partial charge >= 0.3 is 0 Å². The molecule has 4 heteroatoms. The summed E-state index contributed by atoms with van der Waals surface area (Å²) >= 11 is 0. The summed E-state index contributed by atoms with van der Waals surface area (Å²) in [5, 5.41) is 12.6. The third kappa shape index (κ3) is 3.14. The lowest BCUT2D eigenvalue weighted by Gasteiger charge is -2.04. The standard InChI is InChI=1S/C10H14N2O2/c1-8(2)11-7-9-4-3-5-10(6-9)12(13)14/h3-6,8,11H,7H2,1-2H3/p+1. The smallest absolute Gasteiger partial charge is 0.269 e. The Bertz CT molecular complexity index is 324. The number of quaternary nitrogens is 1. The summed E-state index contributed by atoms with van der Waals surface area (Å²) in [6.07, 6.45) is 0. The molecule has 0 spiro atoms. The normalized spacial score (nSPS) is 10.5. The summed E-state index contributed by atoms with van der Waals surface area (Å²) < 4.78 is 0. The number of hydrogen-bond acceptors (Lipinski definition) is 2. The average Bonchev–Trinajstić information content (AvgIpc) is 2.15. The fraction of sp³-hybridized carbons (Fsp3) is 0.400. The van der Waals surface area contributed by atoms with E-state index in [2.05, 4.69) is 19.2 Å². The molecule has 0 saturated carbocycles. The Labute approximate surface area is 83.1 Å². The molecule has 0 unspecified atom stereocenters. The minimum Gasteiger partial charge on any atom is -0.341 e. The van der Waals surface area contributed by atoms with Gasteiger partial charge in [0.05, 0.1) is 11.0 Å². The molecule has 2 N–H and O–H groups in total. The predicted octanol–water partition coefficient (Wildman–Crippen LogP) is 1.07. The van der Waals surface area contributed by atoms with Crippen LogP contribution in [0.25, 0.3) is 0 Å². The van der Waals surface area contributed by atoms with Crippen molar-refractivity contribution in [2.45, 2.75) is 26.4 Å². The van der Waals surface area contributed by atoms with Crippen molar-refractivity contribution in [1.29, 1.82) is 0 Å². The first-order valence-corrected chi connectivity index (χ1v) is 4.66. The minimum atomic E-state index is -0.362. The maximum Gasteiger partial charge on any atom is 0.269 e. The fourth-order valence-corrected chi connectivity index (χ4v) is 1.17. The first-order valence-electron chi connectivity index (χ1n) is 4.66. The molecule has 0 bridgehead atoms. The van der Waals surface area contributed by atoms with E-state index in [9.17, 15) is 10.1 Å². The highest BCUT2D eigenvalue weighted by Crippen LogP contribution is 2.11. The highest BCUT2D eigenvalue weighted by Gasteiger charge is 2.06. The Morgan fingerprint density at radius 3 is 2.79 bits per heavy atom. The van der Waals surface area contributed by atoms with Gasteiger partial charge in [0, 0.05) is 17.7 Å². The van der Waals surface area contributed by atoms with Gasteiger partial charge in [0.25, 0.3) is 5.69 Å². The molecule has 14 heavy (non-hydrogen) atoms. The molecule has 0 radical (unpaired) electrons. The number of nitrogens with two attached hydrogens (primary N) is 1. The topological polar surface area (TPSA) is 59.8 Å². The highest BCUT2D eigenvalue weighted by atomic mass is 16.6. The molecule has 0 aliphatic heterocycles. The van der Waals surface area contributed by atoms with Gasteiger partial charge < -0.3 is 5.32 Å². The van der Waals surface area contributed by atoms with Crippen molar-refractivity contribution in [3.63, 3.8) is 0 Å². The van der Waals surface area contributed by atoms with Crippen LogP contribution in [0, 0.1) is 10.1 Å². The number of non-ortho nitro benzene ring substituents is 1. The van der Waals surface area contributed by atoms with E-state index in [1.807, 2.05) is 6.07 Å². The lowest BCUT2D eigenvalue weighted by atomic mass is 10.2. The van der Waals surface area contributed by atoms with E-state index in [1.54, 1.807) is 12.1 Å². The van der Waals surface area contributed by atoms with Crippen LogP contribution in [0.1, 0.15) is 19.4 Å². The zero-order valence-corrected chi connectivity index (χ0v) is 8.43. The van der Waals surface area contributed by atoms with Crippen LogP contribution in [0.2, 0.25) is 0 Å². The summed E-state index contributed by atoms with van der Waals surface area (Å²) in [6, 6.07) is 7.28. The van der Waals surface area contributed by atoms with Crippen molar-refractivity contribution >= 4 is 5.69 Å². The molecular formula is C10H15N2O2+. The van der Waals surface area contributed by atoms with Gasteiger partial charge in [-0.25, -0.2) is 0 Å². The summed E-state index contributed by atoms with van der Waals surface area (Å²) in [7, 11) is 0. The van der Waals surface area contributed by atoms with E-state index in [1.165, 1.54) is 6.07 Å². The molecule has 0 atom stereocenters. The third-order valence-electron chi connectivity index (χ3n) is 1.95. The third-order valence-corrected chi connectivity index (χ3v) is 1.95. The van der Waals surface area contributed by atoms with Gasteiger partial charge in [-0.3, -0.25) is 10.1 Å². The van der Waals surface area contributed by atoms with Gasteiger partial charge in [-0.15, -0.1) is 0 Å². The van der Waals surface area contributed by atoms with Crippen LogP contribution >= 0.6 is 0 Å². The largest absolute Gasteiger partial charge is 0.341 e. The number of nitro benzene ring substituents is 1. The molecule has 0 heterocycles. The molecule has 0 fully saturated rings. The first-order chi connectivity index (χ1) is 6.59. The van der Waals surface area contributed by atoms with Crippen LogP contribution in [-0.4, -0.2) is 11.0 Å². The molecule has 1 rings (SSSR count). The SMILES string of the molecule is CC(C)[NH2+]Cc1cccc([N+](=O)[O-])c1. The molecule has 4 nitrogen and oxygen atoms in total. The molecule has 0 aliphatic rings. The summed E-state index contributed by atoms with van der Waals surface area (Å²) in [6.45, 7) is 4.98. The number of benzene rings is 1. The summed E-state index contributed by atoms with van der Waals surface area (Å²) in [5.74, 6) is 0. The van der Waals surface area contributed by atoms with E-state index in [0.717, 1.165) is 12.1 Å². The van der Waals surface area contributed by atoms with Crippen LogP contribution in [0.4, 0.5) is 5.69 Å². The predicted molar refractivity (Wildman–Crippen MR) is 53.9 cm³/mol. The summed E-state index contributed by atoms with van der Waals surface area (Å²) in [5.41, 5.74) is 1.16. The molecule has 1 aromatic carbocycles. The second kappa shape index (κ2) is 4.72. The highest BCUT2D eigenvalue weighted by molar-refractivity contribution is 5.33. The van der Waals surface area contributed by atoms with Gasteiger partial charge in [0.15, 0.2) is 0 Å². The van der Waals surface area contributed by atoms with Crippen LogP contribution < -0.4 is 5.32 Å². The van der Waals surface area contributed by atoms with Crippen molar-refractivity contribution in [3.8, 4) is 0 Å². The van der Waals surface area contributed by atoms with Crippen molar-refractivity contribution in [3.05, 3.63) is 39.9 Å². The molecule has 0 aliphatic carbocycles. The zero-order valence-electron chi connectivity index (χ0n) is 8.43. The van der Waals surface area contributed by atoms with E-state index in [0.29, 0.717) is 6.04 Å². The van der Waals surface area contributed by atoms with Crippen LogP contribution in [-0.2, 0) is 6.54 Å². The van der Waals surface area contributed by atoms with E-state index in [-0.39, 0.29) is 10.6 Å². The number of hydrogen-bond donors (Lipinski definition) is 1. The number of rotatable bonds is 4. The van der Waals surface area contributed by atoms with Gasteiger partial charge in [-0.2, -0.15) is 0 Å². The quantitative estimate of drug-likeness (QED) is 0.577. The van der Waals surface area contributed by atoms with Crippen LogP contribution in [0.15, 0.2) is 24.3 Å². The van der Waals surface area contributed by atoms with Gasteiger partial charge in [-0.05, 0) is 13.8 Å². The van der Waals surface area contributed by atoms with Crippen molar-refractivity contribution in [2.75, 3.05) is 0 Å². The molecule has 0 saturated heterocycles. The maximum absolute atomic E-state index is 10.5. The van der Waals surface area contributed by atoms with Gasteiger partial charge in [-0.1, -0.05) is 12.1 Å². The lowest BCUT2D eigenvalue weighted by molar-refractivity contribution is -0.698. The van der Waals surface area contributed by atoms with Crippen molar-refractivity contribution in [1.82, 2.24) is 0 Å². The second-order valence-corrected chi connectivity index (χ2v) is 3.61. The first kappa shape index (κ1) is 10.7. The van der Waals surface area contributed by atoms with E-state index >= 15 is 0 Å². The summed E-state index contributed by atoms with van der Waals surface area (Å²) in [4.78, 5) is 10.1. The fourth-order valence-electron chi connectivity index (χ4n) is 1.17. The average molecular weight is 195 g/mol. The monoisotopic (exact) mass is 195 g/mol. The van der Waals surface area contributed by atoms with E-state index < -0.39 is 0 Å².